The summed E-state index contributed by atoms with van der Waals surface area (Å²) in [4.78, 5) is 0. The monoisotopic (exact) mass is 237 g/mol. The number of benzene rings is 1. The van der Waals surface area contributed by atoms with Gasteiger partial charge < -0.3 is 5.73 Å². The van der Waals surface area contributed by atoms with Gasteiger partial charge in [-0.15, -0.1) is 0 Å². The van der Waals surface area contributed by atoms with E-state index in [2.05, 4.69) is 0 Å². The average Bonchev–Trinajstić information content (AvgIpc) is 2.04. The maximum Gasteiger partial charge on any atom is 0.216 e. The van der Waals surface area contributed by atoms with Crippen LogP contribution in [0, 0.1) is 0 Å². The smallest absolute Gasteiger partial charge is 0.216 e. The summed E-state index contributed by atoms with van der Waals surface area (Å²) in [7, 11) is 0. The standard InChI is InChI=1S/C9H10Cl3N/c10-9(11,12)8-3-1-7(2-4-8)5-6-13/h1-4H,5-6,13H2. The van der Waals surface area contributed by atoms with Crippen molar-refractivity contribution in [3.8, 4) is 0 Å². The first kappa shape index (κ1) is 11.1. The van der Waals surface area contributed by atoms with Gasteiger partial charge in [-0.25, -0.2) is 0 Å². The normalized spacial score (nSPS) is 11.7. The molecule has 1 rings (SSSR count). The number of hydrogen-bond donors (Lipinski definition) is 1. The lowest BCUT2D eigenvalue weighted by molar-refractivity contribution is 0.966. The van der Waals surface area contributed by atoms with Crippen molar-refractivity contribution in [2.24, 2.45) is 5.73 Å². The summed E-state index contributed by atoms with van der Waals surface area (Å²) >= 11 is 17.1. The van der Waals surface area contributed by atoms with Crippen LogP contribution < -0.4 is 5.73 Å². The van der Waals surface area contributed by atoms with E-state index in [1.54, 1.807) is 12.1 Å². The fraction of sp³-hybridized carbons (Fsp3) is 0.333. The van der Waals surface area contributed by atoms with Crippen LogP contribution in [0.5, 0.6) is 0 Å². The molecule has 0 saturated heterocycles. The molecule has 1 aromatic carbocycles. The molecule has 0 aromatic heterocycles. The van der Waals surface area contributed by atoms with Gasteiger partial charge in [0.05, 0.1) is 0 Å². The van der Waals surface area contributed by atoms with Gasteiger partial charge in [-0.3, -0.25) is 0 Å². The minimum absolute atomic E-state index is 0.632. The molecule has 0 atom stereocenters. The fourth-order valence-electron chi connectivity index (χ4n) is 1.03. The molecule has 13 heavy (non-hydrogen) atoms. The first-order chi connectivity index (χ1) is 6.04. The molecule has 0 unspecified atom stereocenters. The molecule has 1 aromatic rings. The predicted octanol–water partition coefficient (Wildman–Crippen LogP) is 3.01. The van der Waals surface area contributed by atoms with Gasteiger partial charge in [0.25, 0.3) is 0 Å². The largest absolute Gasteiger partial charge is 0.330 e. The average molecular weight is 239 g/mol. The van der Waals surface area contributed by atoms with Crippen LogP contribution in [0.3, 0.4) is 0 Å². The lowest BCUT2D eigenvalue weighted by Gasteiger charge is -2.11. The lowest BCUT2D eigenvalue weighted by atomic mass is 10.1. The third-order valence-corrected chi connectivity index (χ3v) is 2.37. The molecule has 0 bridgehead atoms. The first-order valence-electron chi connectivity index (χ1n) is 3.90. The van der Waals surface area contributed by atoms with Gasteiger partial charge in [0.15, 0.2) is 0 Å². The van der Waals surface area contributed by atoms with Gasteiger partial charge in [-0.1, -0.05) is 59.1 Å². The SMILES string of the molecule is NCCc1ccc(C(Cl)(Cl)Cl)cc1. The molecule has 1 nitrogen and oxygen atoms in total. The van der Waals surface area contributed by atoms with E-state index in [0.717, 1.165) is 12.0 Å². The van der Waals surface area contributed by atoms with E-state index < -0.39 is 3.79 Å². The summed E-state index contributed by atoms with van der Waals surface area (Å²) < 4.78 is -1.33. The van der Waals surface area contributed by atoms with Gasteiger partial charge >= 0.3 is 0 Å². The first-order valence-corrected chi connectivity index (χ1v) is 5.03. The number of hydrogen-bond acceptors (Lipinski definition) is 1. The minimum atomic E-state index is -1.33. The van der Waals surface area contributed by atoms with E-state index >= 15 is 0 Å². The molecule has 0 spiro atoms. The Kier molecular flexibility index (Phi) is 3.87. The van der Waals surface area contributed by atoms with E-state index in [4.69, 9.17) is 40.5 Å². The lowest BCUT2D eigenvalue weighted by Crippen LogP contribution is -2.04. The van der Waals surface area contributed by atoms with Crippen molar-refractivity contribution in [3.63, 3.8) is 0 Å². The van der Waals surface area contributed by atoms with Crippen molar-refractivity contribution in [1.82, 2.24) is 0 Å². The van der Waals surface area contributed by atoms with Gasteiger partial charge in [0.2, 0.25) is 3.79 Å². The summed E-state index contributed by atoms with van der Waals surface area (Å²) in [6.45, 7) is 0.632. The third-order valence-electron chi connectivity index (χ3n) is 1.71. The van der Waals surface area contributed by atoms with E-state index in [1.807, 2.05) is 12.1 Å². The zero-order valence-corrected chi connectivity index (χ0v) is 9.20. The molecule has 72 valence electrons. The number of rotatable bonds is 2. The molecule has 0 aliphatic carbocycles. The van der Waals surface area contributed by atoms with E-state index in [9.17, 15) is 0 Å². The molecule has 2 N–H and O–H groups in total. The van der Waals surface area contributed by atoms with E-state index in [1.165, 1.54) is 0 Å². The quantitative estimate of drug-likeness (QED) is 0.788. The maximum absolute atomic E-state index is 5.69. The minimum Gasteiger partial charge on any atom is -0.330 e. The summed E-state index contributed by atoms with van der Waals surface area (Å²) in [5.41, 5.74) is 7.24. The van der Waals surface area contributed by atoms with Crippen molar-refractivity contribution in [3.05, 3.63) is 35.4 Å². The highest BCUT2D eigenvalue weighted by atomic mass is 35.6. The highest BCUT2D eigenvalue weighted by molar-refractivity contribution is 6.66. The van der Waals surface area contributed by atoms with Crippen LogP contribution in [-0.4, -0.2) is 6.54 Å². The van der Waals surface area contributed by atoms with Crippen LogP contribution >= 0.6 is 34.8 Å². The Morgan fingerprint density at radius 2 is 1.62 bits per heavy atom. The Labute approximate surface area is 92.8 Å². The Bertz CT molecular complexity index is 263. The van der Waals surface area contributed by atoms with E-state index in [-0.39, 0.29) is 0 Å². The summed E-state index contributed by atoms with van der Waals surface area (Å²) in [6, 6.07) is 7.45. The third kappa shape index (κ3) is 3.35. The second-order valence-corrected chi connectivity index (χ2v) is 5.01. The van der Waals surface area contributed by atoms with E-state index in [0.29, 0.717) is 12.1 Å². The second-order valence-electron chi connectivity index (χ2n) is 2.73. The Morgan fingerprint density at radius 3 is 2.00 bits per heavy atom. The van der Waals surface area contributed by atoms with Crippen LogP contribution in [0.1, 0.15) is 11.1 Å². The molecule has 0 radical (unpaired) electrons. The molecule has 0 aliphatic rings. The summed E-state index contributed by atoms with van der Waals surface area (Å²) in [5.74, 6) is 0. The van der Waals surface area contributed by atoms with Crippen LogP contribution in [-0.2, 0) is 10.2 Å². The molecular weight excluding hydrogens is 228 g/mol. The maximum atomic E-state index is 5.69. The molecule has 0 saturated carbocycles. The zero-order chi connectivity index (χ0) is 9.90. The Balaban J connectivity index is 2.81. The second kappa shape index (κ2) is 4.52. The fourth-order valence-corrected chi connectivity index (χ4v) is 1.41. The highest BCUT2D eigenvalue weighted by Gasteiger charge is 2.21. The molecular formula is C9H10Cl3N. The van der Waals surface area contributed by atoms with Gasteiger partial charge in [-0.05, 0) is 18.5 Å². The topological polar surface area (TPSA) is 26.0 Å². The Morgan fingerprint density at radius 1 is 1.08 bits per heavy atom. The molecule has 0 aliphatic heterocycles. The molecule has 0 fully saturated rings. The predicted molar refractivity (Wildman–Crippen MR) is 58.4 cm³/mol. The van der Waals surface area contributed by atoms with Crippen LogP contribution in [0.15, 0.2) is 24.3 Å². The van der Waals surface area contributed by atoms with Crippen molar-refractivity contribution in [2.75, 3.05) is 6.54 Å². The number of alkyl halides is 3. The van der Waals surface area contributed by atoms with Crippen LogP contribution in [0.25, 0.3) is 0 Å². The molecule has 0 heterocycles. The summed E-state index contributed by atoms with van der Waals surface area (Å²) in [6.07, 6.45) is 0.847. The van der Waals surface area contributed by atoms with Crippen molar-refractivity contribution in [2.45, 2.75) is 10.2 Å². The highest BCUT2D eigenvalue weighted by Crippen LogP contribution is 2.37. The van der Waals surface area contributed by atoms with Crippen LogP contribution in [0.2, 0.25) is 0 Å². The molecule has 4 heteroatoms. The number of halogens is 3. The van der Waals surface area contributed by atoms with Crippen LogP contribution in [0.4, 0.5) is 0 Å². The number of nitrogens with two attached hydrogens (primary N) is 1. The van der Waals surface area contributed by atoms with Crippen molar-refractivity contribution < 1.29 is 0 Å². The Hall–Kier alpha value is 0.0500. The summed E-state index contributed by atoms with van der Waals surface area (Å²) in [5, 5.41) is 0. The van der Waals surface area contributed by atoms with Crippen molar-refractivity contribution >= 4 is 34.8 Å². The van der Waals surface area contributed by atoms with Crippen molar-refractivity contribution in [1.29, 1.82) is 0 Å². The van der Waals surface area contributed by atoms with Gasteiger partial charge in [0, 0.05) is 5.56 Å². The zero-order valence-electron chi connectivity index (χ0n) is 6.93. The van der Waals surface area contributed by atoms with Gasteiger partial charge in [0.1, 0.15) is 0 Å². The van der Waals surface area contributed by atoms with Gasteiger partial charge in [-0.2, -0.15) is 0 Å². The molecule has 0 amide bonds.